The summed E-state index contributed by atoms with van der Waals surface area (Å²) < 4.78 is 5.42. The standard InChI is InChI=1S/C13H23N3O/c1-5-7-14-10(3)8-12-9-13(17-6-2)16-11(4)15-12/h9-10,14H,5-8H2,1-4H3. The first kappa shape index (κ1) is 13.9. The number of nitrogens with one attached hydrogen (secondary N) is 1. The predicted octanol–water partition coefficient (Wildman–Crippen LogP) is 2.11. The second-order valence-corrected chi connectivity index (χ2v) is 4.24. The number of hydrogen-bond acceptors (Lipinski definition) is 4. The number of rotatable bonds is 7. The zero-order valence-corrected chi connectivity index (χ0v) is 11.3. The lowest BCUT2D eigenvalue weighted by Crippen LogP contribution is -2.29. The second-order valence-electron chi connectivity index (χ2n) is 4.24. The molecule has 0 saturated heterocycles. The van der Waals surface area contributed by atoms with Crippen LogP contribution in [0.5, 0.6) is 5.88 Å². The Morgan fingerprint density at radius 2 is 2.12 bits per heavy atom. The fourth-order valence-corrected chi connectivity index (χ4v) is 1.70. The molecule has 1 aromatic rings. The molecule has 0 aromatic carbocycles. The third-order valence-electron chi connectivity index (χ3n) is 2.42. The van der Waals surface area contributed by atoms with Crippen LogP contribution in [0.1, 0.15) is 38.7 Å². The lowest BCUT2D eigenvalue weighted by molar-refractivity contribution is 0.324. The summed E-state index contributed by atoms with van der Waals surface area (Å²) in [7, 11) is 0. The van der Waals surface area contributed by atoms with Gasteiger partial charge in [0.05, 0.1) is 6.61 Å². The van der Waals surface area contributed by atoms with E-state index in [4.69, 9.17) is 4.74 Å². The molecular formula is C13H23N3O. The topological polar surface area (TPSA) is 47.0 Å². The van der Waals surface area contributed by atoms with Gasteiger partial charge in [-0.25, -0.2) is 4.98 Å². The Hall–Kier alpha value is -1.16. The van der Waals surface area contributed by atoms with Gasteiger partial charge in [0.2, 0.25) is 5.88 Å². The van der Waals surface area contributed by atoms with Crippen molar-refractivity contribution in [2.24, 2.45) is 0 Å². The van der Waals surface area contributed by atoms with Crippen molar-refractivity contribution < 1.29 is 4.74 Å². The monoisotopic (exact) mass is 237 g/mol. The Kier molecular flexibility index (Phi) is 5.91. The smallest absolute Gasteiger partial charge is 0.216 e. The summed E-state index contributed by atoms with van der Waals surface area (Å²) in [6.07, 6.45) is 2.06. The van der Waals surface area contributed by atoms with E-state index in [1.54, 1.807) is 0 Å². The SMILES string of the molecule is CCCNC(C)Cc1cc(OCC)nc(C)n1. The van der Waals surface area contributed by atoms with Gasteiger partial charge >= 0.3 is 0 Å². The van der Waals surface area contributed by atoms with Crippen molar-refractivity contribution in [1.29, 1.82) is 0 Å². The minimum atomic E-state index is 0.429. The normalized spacial score (nSPS) is 12.5. The molecule has 0 amide bonds. The van der Waals surface area contributed by atoms with Gasteiger partial charge in [0.15, 0.2) is 0 Å². The number of hydrogen-bond donors (Lipinski definition) is 1. The van der Waals surface area contributed by atoms with Crippen LogP contribution in [-0.4, -0.2) is 29.2 Å². The van der Waals surface area contributed by atoms with Crippen LogP contribution >= 0.6 is 0 Å². The average molecular weight is 237 g/mol. The molecule has 1 aromatic heterocycles. The Balaban J connectivity index is 2.63. The molecule has 0 aliphatic carbocycles. The number of ether oxygens (including phenoxy) is 1. The predicted molar refractivity (Wildman–Crippen MR) is 69.4 cm³/mol. The third kappa shape index (κ3) is 5.13. The van der Waals surface area contributed by atoms with E-state index in [1.165, 1.54) is 0 Å². The van der Waals surface area contributed by atoms with Crippen LogP contribution < -0.4 is 10.1 Å². The van der Waals surface area contributed by atoms with E-state index in [9.17, 15) is 0 Å². The molecule has 1 unspecified atom stereocenters. The fraction of sp³-hybridized carbons (Fsp3) is 0.692. The van der Waals surface area contributed by atoms with Crippen LogP contribution in [0.15, 0.2) is 6.07 Å². The van der Waals surface area contributed by atoms with E-state index in [0.29, 0.717) is 18.5 Å². The van der Waals surface area contributed by atoms with Crippen LogP contribution in [0, 0.1) is 6.92 Å². The molecule has 0 bridgehead atoms. The Morgan fingerprint density at radius 3 is 2.76 bits per heavy atom. The van der Waals surface area contributed by atoms with E-state index in [2.05, 4.69) is 29.1 Å². The highest BCUT2D eigenvalue weighted by molar-refractivity contribution is 5.16. The molecular weight excluding hydrogens is 214 g/mol. The van der Waals surface area contributed by atoms with Gasteiger partial charge in [0, 0.05) is 24.2 Å². The lowest BCUT2D eigenvalue weighted by Gasteiger charge is -2.13. The minimum absolute atomic E-state index is 0.429. The highest BCUT2D eigenvalue weighted by Gasteiger charge is 2.07. The van der Waals surface area contributed by atoms with E-state index in [0.717, 1.165) is 30.9 Å². The van der Waals surface area contributed by atoms with Crippen molar-refractivity contribution in [1.82, 2.24) is 15.3 Å². The molecule has 0 radical (unpaired) electrons. The van der Waals surface area contributed by atoms with E-state index in [-0.39, 0.29) is 0 Å². The maximum atomic E-state index is 5.42. The molecule has 0 aliphatic heterocycles. The molecule has 0 fully saturated rings. The Labute approximate surface area is 104 Å². The summed E-state index contributed by atoms with van der Waals surface area (Å²) in [5, 5.41) is 3.45. The molecule has 0 aliphatic rings. The number of aromatic nitrogens is 2. The molecule has 1 N–H and O–H groups in total. The molecule has 4 nitrogen and oxygen atoms in total. The molecule has 17 heavy (non-hydrogen) atoms. The zero-order chi connectivity index (χ0) is 12.7. The van der Waals surface area contributed by atoms with Crippen LogP contribution in [0.25, 0.3) is 0 Å². The summed E-state index contributed by atoms with van der Waals surface area (Å²) in [5.41, 5.74) is 1.04. The first-order valence-electron chi connectivity index (χ1n) is 6.36. The molecule has 1 rings (SSSR count). The van der Waals surface area contributed by atoms with Crippen molar-refractivity contribution in [3.05, 3.63) is 17.6 Å². The quantitative estimate of drug-likeness (QED) is 0.789. The van der Waals surface area contributed by atoms with Crippen molar-refractivity contribution in [2.45, 2.75) is 46.6 Å². The molecule has 0 saturated carbocycles. The Bertz CT molecular complexity index is 341. The van der Waals surface area contributed by atoms with Crippen molar-refractivity contribution in [2.75, 3.05) is 13.2 Å². The van der Waals surface area contributed by atoms with Gasteiger partial charge in [0.25, 0.3) is 0 Å². The minimum Gasteiger partial charge on any atom is -0.478 e. The maximum absolute atomic E-state index is 5.42. The van der Waals surface area contributed by atoms with Gasteiger partial charge < -0.3 is 10.1 Å². The van der Waals surface area contributed by atoms with Crippen molar-refractivity contribution in [3.63, 3.8) is 0 Å². The zero-order valence-electron chi connectivity index (χ0n) is 11.3. The van der Waals surface area contributed by atoms with Gasteiger partial charge in [-0.2, -0.15) is 4.98 Å². The largest absolute Gasteiger partial charge is 0.478 e. The summed E-state index contributed by atoms with van der Waals surface area (Å²) in [6, 6.07) is 2.36. The fourth-order valence-electron chi connectivity index (χ4n) is 1.70. The van der Waals surface area contributed by atoms with Crippen molar-refractivity contribution >= 4 is 0 Å². The van der Waals surface area contributed by atoms with Gasteiger partial charge in [-0.3, -0.25) is 0 Å². The van der Waals surface area contributed by atoms with Crippen LogP contribution in [0.2, 0.25) is 0 Å². The first-order valence-corrected chi connectivity index (χ1v) is 6.36. The highest BCUT2D eigenvalue weighted by Crippen LogP contribution is 2.10. The summed E-state index contributed by atoms with van der Waals surface area (Å²) in [4.78, 5) is 8.67. The maximum Gasteiger partial charge on any atom is 0.216 e. The van der Waals surface area contributed by atoms with E-state index < -0.39 is 0 Å². The molecule has 4 heteroatoms. The van der Waals surface area contributed by atoms with Crippen molar-refractivity contribution in [3.8, 4) is 5.88 Å². The highest BCUT2D eigenvalue weighted by atomic mass is 16.5. The van der Waals surface area contributed by atoms with Gasteiger partial charge in [-0.15, -0.1) is 0 Å². The lowest BCUT2D eigenvalue weighted by atomic mass is 10.1. The summed E-state index contributed by atoms with van der Waals surface area (Å²) >= 11 is 0. The molecule has 96 valence electrons. The molecule has 1 atom stereocenters. The summed E-state index contributed by atoms with van der Waals surface area (Å²) in [5.74, 6) is 1.45. The molecule has 1 heterocycles. The first-order chi connectivity index (χ1) is 8.15. The number of nitrogens with zero attached hydrogens (tertiary/aromatic N) is 2. The van der Waals surface area contributed by atoms with E-state index in [1.807, 2.05) is 19.9 Å². The third-order valence-corrected chi connectivity index (χ3v) is 2.42. The molecule has 0 spiro atoms. The van der Waals surface area contributed by atoms with Gasteiger partial charge in [-0.05, 0) is 33.7 Å². The van der Waals surface area contributed by atoms with Crippen LogP contribution in [-0.2, 0) is 6.42 Å². The van der Waals surface area contributed by atoms with Gasteiger partial charge in [-0.1, -0.05) is 6.92 Å². The number of aryl methyl sites for hydroxylation is 1. The average Bonchev–Trinajstić information content (AvgIpc) is 2.26. The second kappa shape index (κ2) is 7.22. The van der Waals surface area contributed by atoms with Crippen LogP contribution in [0.4, 0.5) is 0 Å². The van der Waals surface area contributed by atoms with Crippen LogP contribution in [0.3, 0.4) is 0 Å². The summed E-state index contributed by atoms with van der Waals surface area (Å²) in [6.45, 7) is 9.89. The van der Waals surface area contributed by atoms with E-state index >= 15 is 0 Å². The van der Waals surface area contributed by atoms with Gasteiger partial charge in [0.1, 0.15) is 5.82 Å². The Morgan fingerprint density at radius 1 is 1.35 bits per heavy atom.